The van der Waals surface area contributed by atoms with Gasteiger partial charge < -0.3 is 9.64 Å². The summed E-state index contributed by atoms with van der Waals surface area (Å²) < 4.78 is 6.44. The Morgan fingerprint density at radius 3 is 2.36 bits per heavy atom. The van der Waals surface area contributed by atoms with Crippen molar-refractivity contribution < 1.29 is 4.74 Å². The minimum absolute atomic E-state index is 0.434. The van der Waals surface area contributed by atoms with Crippen LogP contribution < -0.4 is 9.64 Å². The molecule has 0 spiro atoms. The molecule has 0 N–H and O–H groups in total. The van der Waals surface area contributed by atoms with E-state index in [0.717, 1.165) is 48.0 Å². The summed E-state index contributed by atoms with van der Waals surface area (Å²) in [5.74, 6) is 3.56. The lowest BCUT2D eigenvalue weighted by Crippen LogP contribution is -2.33. The molecule has 1 aromatic heterocycles. The second-order valence-electron chi connectivity index (χ2n) is 7.96. The Hall–Kier alpha value is -2.62. The van der Waals surface area contributed by atoms with Crippen LogP contribution in [0.5, 0.6) is 11.6 Å². The van der Waals surface area contributed by atoms with Gasteiger partial charge in [-0.3, -0.25) is 0 Å². The zero-order valence-electron chi connectivity index (χ0n) is 17.1. The van der Waals surface area contributed by atoms with Crippen molar-refractivity contribution in [2.75, 3.05) is 18.0 Å². The topological polar surface area (TPSA) is 38.3 Å². The van der Waals surface area contributed by atoms with Crippen LogP contribution in [0.4, 0.5) is 5.82 Å². The number of ether oxygens (including phenoxy) is 1. The van der Waals surface area contributed by atoms with Gasteiger partial charge in [-0.15, -0.1) is 0 Å². The summed E-state index contributed by atoms with van der Waals surface area (Å²) in [6, 6.07) is 16.3. The van der Waals surface area contributed by atoms with Crippen molar-refractivity contribution in [2.45, 2.75) is 46.0 Å². The van der Waals surface area contributed by atoms with E-state index < -0.39 is 0 Å². The molecule has 4 nitrogen and oxygen atoms in total. The van der Waals surface area contributed by atoms with E-state index in [1.807, 2.05) is 36.4 Å². The number of anilines is 1. The molecule has 3 aromatic rings. The smallest absolute Gasteiger partial charge is 0.263 e. The summed E-state index contributed by atoms with van der Waals surface area (Å²) in [7, 11) is 0. The van der Waals surface area contributed by atoms with Gasteiger partial charge in [0.2, 0.25) is 0 Å². The Balaban J connectivity index is 1.76. The molecular weight excluding hydrogens is 346 g/mol. The summed E-state index contributed by atoms with van der Waals surface area (Å²) >= 11 is 0. The number of benzene rings is 2. The Labute approximate surface area is 167 Å². The minimum Gasteiger partial charge on any atom is -0.436 e. The SMILES string of the molecule is CC[C@H](C)c1ccccc1Oc1nc2ccccc2nc1N1CCC(C)CC1. The van der Waals surface area contributed by atoms with Gasteiger partial charge in [0.05, 0.1) is 11.0 Å². The van der Waals surface area contributed by atoms with Gasteiger partial charge in [0.1, 0.15) is 5.75 Å². The van der Waals surface area contributed by atoms with Crippen LogP contribution in [-0.4, -0.2) is 23.1 Å². The quantitative estimate of drug-likeness (QED) is 0.534. The molecule has 28 heavy (non-hydrogen) atoms. The lowest BCUT2D eigenvalue weighted by molar-refractivity contribution is 0.421. The van der Waals surface area contributed by atoms with E-state index in [4.69, 9.17) is 14.7 Å². The van der Waals surface area contributed by atoms with E-state index >= 15 is 0 Å². The van der Waals surface area contributed by atoms with Crippen LogP contribution in [-0.2, 0) is 0 Å². The third-order valence-electron chi connectivity index (χ3n) is 5.87. The molecule has 146 valence electrons. The first-order valence-electron chi connectivity index (χ1n) is 10.4. The first-order chi connectivity index (χ1) is 13.7. The summed E-state index contributed by atoms with van der Waals surface area (Å²) in [5, 5.41) is 0. The van der Waals surface area contributed by atoms with Crippen LogP contribution in [0, 0.1) is 5.92 Å². The first kappa shape index (κ1) is 18.7. The zero-order valence-corrected chi connectivity index (χ0v) is 17.1. The predicted octanol–water partition coefficient (Wildman–Crippen LogP) is 6.17. The molecule has 2 heterocycles. The van der Waals surface area contributed by atoms with Crippen LogP contribution in [0.15, 0.2) is 48.5 Å². The van der Waals surface area contributed by atoms with Crippen molar-refractivity contribution in [3.05, 3.63) is 54.1 Å². The van der Waals surface area contributed by atoms with Crippen molar-refractivity contribution in [3.63, 3.8) is 0 Å². The number of hydrogen-bond acceptors (Lipinski definition) is 4. The predicted molar refractivity (Wildman–Crippen MR) is 115 cm³/mol. The number of hydrogen-bond donors (Lipinski definition) is 0. The molecule has 4 rings (SSSR count). The number of fused-ring (bicyclic) bond motifs is 1. The molecule has 1 aliphatic heterocycles. The molecule has 0 unspecified atom stereocenters. The number of piperidine rings is 1. The fourth-order valence-electron chi connectivity index (χ4n) is 3.77. The van der Waals surface area contributed by atoms with Gasteiger partial charge in [-0.25, -0.2) is 9.97 Å². The highest BCUT2D eigenvalue weighted by Gasteiger charge is 2.23. The number of rotatable bonds is 5. The van der Waals surface area contributed by atoms with Crippen molar-refractivity contribution >= 4 is 16.9 Å². The third kappa shape index (κ3) is 3.82. The average molecular weight is 376 g/mol. The van der Waals surface area contributed by atoms with E-state index in [2.05, 4.69) is 37.8 Å². The molecule has 0 aliphatic carbocycles. The lowest BCUT2D eigenvalue weighted by atomic mass is 9.98. The Kier molecular flexibility index (Phi) is 5.47. The van der Waals surface area contributed by atoms with Crippen LogP contribution in [0.1, 0.15) is 51.5 Å². The van der Waals surface area contributed by atoms with Gasteiger partial charge >= 0.3 is 0 Å². The van der Waals surface area contributed by atoms with Gasteiger partial charge in [0.15, 0.2) is 5.82 Å². The summed E-state index contributed by atoms with van der Waals surface area (Å²) in [6.07, 6.45) is 3.43. The number of aromatic nitrogens is 2. The van der Waals surface area contributed by atoms with Gasteiger partial charge in [0.25, 0.3) is 5.88 Å². The van der Waals surface area contributed by atoms with E-state index in [1.165, 1.54) is 18.4 Å². The summed E-state index contributed by atoms with van der Waals surface area (Å²) in [6.45, 7) is 8.76. The molecule has 1 atom stereocenters. The van der Waals surface area contributed by atoms with E-state index in [0.29, 0.717) is 11.8 Å². The highest BCUT2D eigenvalue weighted by molar-refractivity contribution is 5.77. The molecular formula is C24H29N3O. The number of nitrogens with zero attached hydrogens (tertiary/aromatic N) is 3. The second-order valence-corrected chi connectivity index (χ2v) is 7.96. The molecule has 0 saturated carbocycles. The summed E-state index contributed by atoms with van der Waals surface area (Å²) in [5.41, 5.74) is 3.00. The highest BCUT2D eigenvalue weighted by Crippen LogP contribution is 2.36. The largest absolute Gasteiger partial charge is 0.436 e. The zero-order chi connectivity index (χ0) is 19.5. The normalized spacial score (nSPS) is 16.3. The lowest BCUT2D eigenvalue weighted by Gasteiger charge is -2.32. The van der Waals surface area contributed by atoms with Gasteiger partial charge in [0, 0.05) is 13.1 Å². The highest BCUT2D eigenvalue weighted by atomic mass is 16.5. The maximum Gasteiger partial charge on any atom is 0.263 e. The van der Waals surface area contributed by atoms with Crippen molar-refractivity contribution in [1.82, 2.24) is 9.97 Å². The Morgan fingerprint density at radius 1 is 1.00 bits per heavy atom. The van der Waals surface area contributed by atoms with Crippen molar-refractivity contribution in [2.24, 2.45) is 5.92 Å². The maximum absolute atomic E-state index is 6.44. The van der Waals surface area contributed by atoms with Crippen molar-refractivity contribution in [3.8, 4) is 11.6 Å². The second kappa shape index (κ2) is 8.17. The molecule has 2 aromatic carbocycles. The van der Waals surface area contributed by atoms with Gasteiger partial charge in [-0.05, 0) is 54.9 Å². The summed E-state index contributed by atoms with van der Waals surface area (Å²) in [4.78, 5) is 12.2. The molecule has 0 radical (unpaired) electrons. The van der Waals surface area contributed by atoms with Gasteiger partial charge in [-0.2, -0.15) is 0 Å². The van der Waals surface area contributed by atoms with E-state index in [1.54, 1.807) is 0 Å². The molecule has 0 amide bonds. The Bertz CT molecular complexity index is 947. The van der Waals surface area contributed by atoms with E-state index in [9.17, 15) is 0 Å². The van der Waals surface area contributed by atoms with Crippen LogP contribution in [0.25, 0.3) is 11.0 Å². The van der Waals surface area contributed by atoms with Gasteiger partial charge in [-0.1, -0.05) is 51.1 Å². The maximum atomic E-state index is 6.44. The third-order valence-corrected chi connectivity index (χ3v) is 5.87. The molecule has 1 saturated heterocycles. The van der Waals surface area contributed by atoms with Crippen LogP contribution >= 0.6 is 0 Å². The van der Waals surface area contributed by atoms with E-state index in [-0.39, 0.29) is 0 Å². The molecule has 1 aliphatic rings. The molecule has 4 heteroatoms. The van der Waals surface area contributed by atoms with Crippen LogP contribution in [0.2, 0.25) is 0 Å². The molecule has 0 bridgehead atoms. The fourth-order valence-corrected chi connectivity index (χ4v) is 3.77. The van der Waals surface area contributed by atoms with Crippen LogP contribution in [0.3, 0.4) is 0 Å². The monoisotopic (exact) mass is 375 g/mol. The first-order valence-corrected chi connectivity index (χ1v) is 10.4. The number of para-hydroxylation sites is 3. The molecule has 1 fully saturated rings. The van der Waals surface area contributed by atoms with Crippen molar-refractivity contribution in [1.29, 1.82) is 0 Å². The minimum atomic E-state index is 0.434. The standard InChI is InChI=1S/C24H29N3O/c1-4-18(3)19-9-5-8-12-22(19)28-24-23(27-15-13-17(2)14-16-27)25-20-10-6-7-11-21(20)26-24/h5-12,17-18H,4,13-16H2,1-3H3/t18-/m0/s1. The fraction of sp³-hybridized carbons (Fsp3) is 0.417. The average Bonchev–Trinajstić information content (AvgIpc) is 2.74. The Morgan fingerprint density at radius 2 is 1.64 bits per heavy atom.